The summed E-state index contributed by atoms with van der Waals surface area (Å²) in [4.78, 5) is 24.6. The Hall–Kier alpha value is -4.05. The van der Waals surface area contributed by atoms with E-state index in [1.807, 2.05) is 6.07 Å². The highest BCUT2D eigenvalue weighted by Gasteiger charge is 2.23. The molecule has 0 saturated heterocycles. The summed E-state index contributed by atoms with van der Waals surface area (Å²) in [5.41, 5.74) is 0.649. The van der Waals surface area contributed by atoms with Crippen LogP contribution in [0.2, 0.25) is 0 Å². The first-order valence-electron chi connectivity index (χ1n) is 8.36. The molecule has 0 aliphatic rings. The molecule has 3 N–H and O–H groups in total. The Balaban J connectivity index is 1.75. The molecule has 0 fully saturated rings. The van der Waals surface area contributed by atoms with Crippen LogP contribution in [-0.4, -0.2) is 28.2 Å². The van der Waals surface area contributed by atoms with Crippen molar-refractivity contribution >= 4 is 28.3 Å². The molecule has 3 aromatic carbocycles. The standard InChI is InChI=1S/C21H16N2O5/c1-12(20(26)23-14-8-6-13(11-22)7-9-14)28-21(27)17-10-18(24)15-4-2-3-5-16(15)19(17)25/h2-10,12,24-25H,1H3,(H,23,26)/t12-/m0/s1. The Morgan fingerprint density at radius 2 is 1.71 bits per heavy atom. The van der Waals surface area contributed by atoms with Gasteiger partial charge in [-0.25, -0.2) is 4.79 Å². The van der Waals surface area contributed by atoms with Gasteiger partial charge in [0.2, 0.25) is 0 Å². The summed E-state index contributed by atoms with van der Waals surface area (Å²) < 4.78 is 5.13. The van der Waals surface area contributed by atoms with Crippen molar-refractivity contribution in [3.63, 3.8) is 0 Å². The van der Waals surface area contributed by atoms with E-state index in [1.165, 1.54) is 6.92 Å². The van der Waals surface area contributed by atoms with E-state index in [1.54, 1.807) is 48.5 Å². The molecule has 7 nitrogen and oxygen atoms in total. The maximum atomic E-state index is 12.4. The summed E-state index contributed by atoms with van der Waals surface area (Å²) in [5, 5.41) is 32.5. The minimum atomic E-state index is -1.16. The van der Waals surface area contributed by atoms with Gasteiger partial charge in [0.05, 0.1) is 11.6 Å². The van der Waals surface area contributed by atoms with E-state index < -0.39 is 18.0 Å². The van der Waals surface area contributed by atoms with E-state index in [0.717, 1.165) is 6.07 Å². The molecular formula is C21H16N2O5. The smallest absolute Gasteiger partial charge is 0.342 e. The molecule has 0 aliphatic heterocycles. The Labute approximate surface area is 160 Å². The normalized spacial score (nSPS) is 11.4. The molecule has 3 aromatic rings. The lowest BCUT2D eigenvalue weighted by Gasteiger charge is -2.15. The van der Waals surface area contributed by atoms with Crippen molar-refractivity contribution in [2.45, 2.75) is 13.0 Å². The summed E-state index contributed by atoms with van der Waals surface area (Å²) in [7, 11) is 0. The van der Waals surface area contributed by atoms with Crippen LogP contribution >= 0.6 is 0 Å². The first-order chi connectivity index (χ1) is 13.4. The number of nitriles is 1. The number of amides is 1. The zero-order valence-corrected chi connectivity index (χ0v) is 14.8. The highest BCUT2D eigenvalue weighted by Crippen LogP contribution is 2.35. The highest BCUT2D eigenvalue weighted by atomic mass is 16.5. The number of hydrogen-bond donors (Lipinski definition) is 3. The van der Waals surface area contributed by atoms with E-state index in [4.69, 9.17) is 10.00 Å². The van der Waals surface area contributed by atoms with E-state index >= 15 is 0 Å². The van der Waals surface area contributed by atoms with E-state index in [9.17, 15) is 19.8 Å². The number of phenols is 2. The number of carbonyl (C=O) groups excluding carboxylic acids is 2. The summed E-state index contributed by atoms with van der Waals surface area (Å²) in [6, 6.07) is 15.8. The second-order valence-corrected chi connectivity index (χ2v) is 6.06. The van der Waals surface area contributed by atoms with Crippen LogP contribution < -0.4 is 5.32 Å². The molecule has 1 atom stereocenters. The summed E-state index contributed by atoms with van der Waals surface area (Å²) >= 11 is 0. The lowest BCUT2D eigenvalue weighted by Crippen LogP contribution is -2.30. The van der Waals surface area contributed by atoms with Crippen molar-refractivity contribution in [3.8, 4) is 17.6 Å². The predicted molar refractivity (Wildman–Crippen MR) is 102 cm³/mol. The number of ether oxygens (including phenoxy) is 1. The largest absolute Gasteiger partial charge is 0.507 e. The van der Waals surface area contributed by atoms with Crippen LogP contribution in [0.3, 0.4) is 0 Å². The number of phenolic OH excluding ortho intramolecular Hbond substituents is 2. The zero-order valence-electron chi connectivity index (χ0n) is 14.8. The molecule has 0 aliphatic carbocycles. The van der Waals surface area contributed by atoms with Crippen LogP contribution in [-0.2, 0) is 9.53 Å². The third-order valence-electron chi connectivity index (χ3n) is 4.15. The predicted octanol–water partition coefficient (Wildman–Crippen LogP) is 3.31. The fourth-order valence-corrected chi connectivity index (χ4v) is 2.65. The fraction of sp³-hybridized carbons (Fsp3) is 0.0952. The van der Waals surface area contributed by atoms with Gasteiger partial charge in [-0.2, -0.15) is 5.26 Å². The average molecular weight is 376 g/mol. The van der Waals surface area contributed by atoms with E-state index in [0.29, 0.717) is 22.0 Å². The molecule has 28 heavy (non-hydrogen) atoms. The van der Waals surface area contributed by atoms with E-state index in [2.05, 4.69) is 5.32 Å². The Morgan fingerprint density at radius 1 is 1.07 bits per heavy atom. The second-order valence-electron chi connectivity index (χ2n) is 6.06. The second kappa shape index (κ2) is 7.68. The minimum absolute atomic E-state index is 0.185. The van der Waals surface area contributed by atoms with Crippen LogP contribution in [0.15, 0.2) is 54.6 Å². The molecule has 3 rings (SSSR count). The molecule has 0 bridgehead atoms. The Kier molecular flexibility index (Phi) is 5.14. The van der Waals surface area contributed by atoms with Crippen molar-refractivity contribution in [2.75, 3.05) is 5.32 Å². The van der Waals surface area contributed by atoms with Crippen LogP contribution in [0, 0.1) is 11.3 Å². The van der Waals surface area contributed by atoms with Crippen molar-refractivity contribution in [1.29, 1.82) is 5.26 Å². The van der Waals surface area contributed by atoms with Gasteiger partial charge in [0.15, 0.2) is 6.10 Å². The van der Waals surface area contributed by atoms with Gasteiger partial charge in [-0.1, -0.05) is 24.3 Å². The van der Waals surface area contributed by atoms with E-state index in [-0.39, 0.29) is 17.1 Å². The summed E-state index contributed by atoms with van der Waals surface area (Å²) in [6.07, 6.45) is -1.16. The molecule has 1 amide bonds. The van der Waals surface area contributed by atoms with Crippen LogP contribution in [0.25, 0.3) is 10.8 Å². The van der Waals surface area contributed by atoms with Gasteiger partial charge < -0.3 is 20.3 Å². The Bertz CT molecular complexity index is 1100. The molecule has 140 valence electrons. The average Bonchev–Trinajstić information content (AvgIpc) is 2.71. The monoisotopic (exact) mass is 376 g/mol. The van der Waals surface area contributed by atoms with Gasteiger partial charge in [-0.05, 0) is 37.3 Å². The quantitative estimate of drug-likeness (QED) is 0.475. The lowest BCUT2D eigenvalue weighted by atomic mass is 10.0. The van der Waals surface area contributed by atoms with Gasteiger partial charge in [-0.15, -0.1) is 0 Å². The molecule has 0 unspecified atom stereocenters. The van der Waals surface area contributed by atoms with Gasteiger partial charge in [0.1, 0.15) is 17.1 Å². The number of fused-ring (bicyclic) bond motifs is 1. The Morgan fingerprint density at radius 3 is 2.36 bits per heavy atom. The number of anilines is 1. The zero-order chi connectivity index (χ0) is 20.3. The number of carbonyl (C=O) groups is 2. The maximum Gasteiger partial charge on any atom is 0.342 e. The van der Waals surface area contributed by atoms with Crippen molar-refractivity contribution < 1.29 is 24.5 Å². The minimum Gasteiger partial charge on any atom is -0.507 e. The van der Waals surface area contributed by atoms with Crippen LogP contribution in [0.5, 0.6) is 11.5 Å². The molecule has 0 radical (unpaired) electrons. The van der Waals surface area contributed by atoms with Crippen LogP contribution in [0.1, 0.15) is 22.8 Å². The first kappa shape index (κ1) is 18.7. The topological polar surface area (TPSA) is 120 Å². The maximum absolute atomic E-state index is 12.4. The SMILES string of the molecule is C[C@H](OC(=O)c1cc(O)c2ccccc2c1O)C(=O)Nc1ccc(C#N)cc1. The summed E-state index contributed by atoms with van der Waals surface area (Å²) in [6.45, 7) is 1.38. The molecule has 0 heterocycles. The number of benzene rings is 3. The molecule has 7 heteroatoms. The van der Waals surface area contributed by atoms with Gasteiger partial charge >= 0.3 is 5.97 Å². The lowest BCUT2D eigenvalue weighted by molar-refractivity contribution is -0.123. The van der Waals surface area contributed by atoms with Gasteiger partial charge in [-0.3, -0.25) is 4.79 Å². The number of rotatable bonds is 4. The van der Waals surface area contributed by atoms with Gasteiger partial charge in [0.25, 0.3) is 5.91 Å². The van der Waals surface area contributed by atoms with Crippen molar-refractivity contribution in [1.82, 2.24) is 0 Å². The number of nitrogens with one attached hydrogen (secondary N) is 1. The molecule has 0 spiro atoms. The molecule has 0 aromatic heterocycles. The number of aromatic hydroxyl groups is 2. The van der Waals surface area contributed by atoms with Crippen molar-refractivity contribution in [3.05, 3.63) is 65.7 Å². The first-order valence-corrected chi connectivity index (χ1v) is 8.36. The van der Waals surface area contributed by atoms with Crippen LogP contribution in [0.4, 0.5) is 5.69 Å². The van der Waals surface area contributed by atoms with Gasteiger partial charge in [0, 0.05) is 16.5 Å². The summed E-state index contributed by atoms with van der Waals surface area (Å²) in [5.74, 6) is -2.04. The third-order valence-corrected chi connectivity index (χ3v) is 4.15. The number of hydrogen-bond acceptors (Lipinski definition) is 6. The molecule has 0 saturated carbocycles. The highest BCUT2D eigenvalue weighted by molar-refractivity contribution is 6.04. The fourth-order valence-electron chi connectivity index (χ4n) is 2.65. The third kappa shape index (κ3) is 3.71. The molecular weight excluding hydrogens is 360 g/mol. The number of nitrogens with zero attached hydrogens (tertiary/aromatic N) is 1. The van der Waals surface area contributed by atoms with Crippen molar-refractivity contribution in [2.24, 2.45) is 0 Å². The number of esters is 1.